The Bertz CT molecular complexity index is 750. The summed E-state index contributed by atoms with van der Waals surface area (Å²) in [6.07, 6.45) is 0.888. The van der Waals surface area contributed by atoms with Gasteiger partial charge in [0, 0.05) is 11.6 Å². The normalized spacial score (nSPS) is 10.6. The van der Waals surface area contributed by atoms with Crippen molar-refractivity contribution in [1.82, 2.24) is 10.3 Å². The highest BCUT2D eigenvalue weighted by Gasteiger charge is 2.04. The molecule has 0 atom stereocenters. The number of nitrogens with zero attached hydrogens (tertiary/aromatic N) is 1. The second-order valence-electron chi connectivity index (χ2n) is 4.74. The van der Waals surface area contributed by atoms with Gasteiger partial charge < -0.3 is 10.6 Å². The second kappa shape index (κ2) is 7.05. The van der Waals surface area contributed by atoms with E-state index in [-0.39, 0.29) is 0 Å². The molecule has 2 aromatic carbocycles. The van der Waals surface area contributed by atoms with Gasteiger partial charge in [0.2, 0.25) is 0 Å². The van der Waals surface area contributed by atoms with E-state index in [1.807, 2.05) is 42.5 Å². The van der Waals surface area contributed by atoms with Crippen molar-refractivity contribution in [1.29, 1.82) is 0 Å². The number of hydrogen-bond acceptors (Lipinski definition) is 3. The molecule has 0 saturated carbocycles. The highest BCUT2D eigenvalue weighted by atomic mass is 35.5. The molecule has 0 bridgehead atoms. The van der Waals surface area contributed by atoms with Gasteiger partial charge in [-0.3, -0.25) is 0 Å². The fraction of sp³-hybridized carbons (Fsp3) is 0.125. The first-order valence-corrected chi connectivity index (χ1v) is 8.46. The molecule has 3 aromatic rings. The second-order valence-corrected chi connectivity index (χ2v) is 6.62. The molecule has 2 N–H and O–H groups in total. The van der Waals surface area contributed by atoms with Crippen LogP contribution in [0.1, 0.15) is 5.56 Å². The van der Waals surface area contributed by atoms with Crippen LogP contribution in [-0.4, -0.2) is 16.6 Å². The van der Waals surface area contributed by atoms with E-state index in [9.17, 15) is 0 Å². The van der Waals surface area contributed by atoms with Crippen molar-refractivity contribution in [2.24, 2.45) is 0 Å². The predicted molar refractivity (Wildman–Crippen MR) is 99.0 cm³/mol. The van der Waals surface area contributed by atoms with Crippen LogP contribution in [0.15, 0.2) is 48.5 Å². The van der Waals surface area contributed by atoms with Gasteiger partial charge in [-0.25, -0.2) is 4.98 Å². The lowest BCUT2D eigenvalue weighted by molar-refractivity contribution is 0.873. The highest BCUT2D eigenvalue weighted by molar-refractivity contribution is 7.80. The van der Waals surface area contributed by atoms with Gasteiger partial charge in [-0.1, -0.05) is 47.2 Å². The first-order chi connectivity index (χ1) is 10.7. The fourth-order valence-electron chi connectivity index (χ4n) is 2.04. The maximum Gasteiger partial charge on any atom is 0.190 e. The smallest absolute Gasteiger partial charge is 0.190 e. The van der Waals surface area contributed by atoms with E-state index in [4.69, 9.17) is 23.8 Å². The fourth-order valence-corrected chi connectivity index (χ4v) is 3.30. The third kappa shape index (κ3) is 3.94. The molecule has 0 fully saturated rings. The molecular formula is C16H14ClN3S2. The summed E-state index contributed by atoms with van der Waals surface area (Å²) in [5.41, 5.74) is 2.21. The Morgan fingerprint density at radius 1 is 1.14 bits per heavy atom. The van der Waals surface area contributed by atoms with Gasteiger partial charge in [0.25, 0.3) is 0 Å². The van der Waals surface area contributed by atoms with Crippen LogP contribution < -0.4 is 10.6 Å². The van der Waals surface area contributed by atoms with E-state index < -0.39 is 0 Å². The summed E-state index contributed by atoms with van der Waals surface area (Å²) < 4.78 is 1.15. The molecule has 0 radical (unpaired) electrons. The lowest BCUT2D eigenvalue weighted by Crippen LogP contribution is -2.30. The number of hydrogen-bond donors (Lipinski definition) is 2. The SMILES string of the molecule is S=C(NCCc1ccc(Cl)cc1)Nc1nc2ccccc2s1. The van der Waals surface area contributed by atoms with Crippen LogP contribution in [0.25, 0.3) is 10.2 Å². The van der Waals surface area contributed by atoms with Gasteiger partial charge in [0.05, 0.1) is 10.2 Å². The Morgan fingerprint density at radius 2 is 1.91 bits per heavy atom. The zero-order chi connectivity index (χ0) is 15.4. The Hall–Kier alpha value is -1.69. The van der Waals surface area contributed by atoms with E-state index in [2.05, 4.69) is 21.7 Å². The summed E-state index contributed by atoms with van der Waals surface area (Å²) in [6.45, 7) is 0.762. The minimum absolute atomic E-state index is 0.591. The van der Waals surface area contributed by atoms with Crippen molar-refractivity contribution < 1.29 is 0 Å². The first-order valence-electron chi connectivity index (χ1n) is 6.85. The van der Waals surface area contributed by atoms with Gasteiger partial charge in [-0.2, -0.15) is 0 Å². The highest BCUT2D eigenvalue weighted by Crippen LogP contribution is 2.25. The molecule has 0 unspecified atom stereocenters. The third-order valence-electron chi connectivity index (χ3n) is 3.13. The third-order valence-corrected chi connectivity index (χ3v) is 4.58. The molecule has 0 aliphatic carbocycles. The van der Waals surface area contributed by atoms with Crippen LogP contribution in [0.3, 0.4) is 0 Å². The molecule has 0 aliphatic rings. The summed E-state index contributed by atoms with van der Waals surface area (Å²) in [6, 6.07) is 15.9. The van der Waals surface area contributed by atoms with Gasteiger partial charge in [-0.05, 0) is 48.5 Å². The number of fused-ring (bicyclic) bond motifs is 1. The van der Waals surface area contributed by atoms with Crippen molar-refractivity contribution in [2.75, 3.05) is 11.9 Å². The van der Waals surface area contributed by atoms with E-state index in [0.717, 1.165) is 33.3 Å². The summed E-state index contributed by atoms with van der Waals surface area (Å²) in [7, 11) is 0. The number of nitrogens with one attached hydrogen (secondary N) is 2. The number of thiazole rings is 1. The van der Waals surface area contributed by atoms with Crippen molar-refractivity contribution in [3.8, 4) is 0 Å². The Balaban J connectivity index is 1.50. The molecule has 0 aliphatic heterocycles. The summed E-state index contributed by atoms with van der Waals surface area (Å²) in [4.78, 5) is 4.49. The van der Waals surface area contributed by atoms with E-state index in [1.54, 1.807) is 11.3 Å². The number of benzene rings is 2. The standard InChI is InChI=1S/C16H14ClN3S2/c17-12-7-5-11(6-8-12)9-10-18-15(21)20-16-19-13-3-1-2-4-14(13)22-16/h1-8H,9-10H2,(H2,18,19,20,21). The van der Waals surface area contributed by atoms with E-state index in [0.29, 0.717) is 5.11 Å². The maximum atomic E-state index is 5.87. The topological polar surface area (TPSA) is 37.0 Å². The first kappa shape index (κ1) is 15.2. The quantitative estimate of drug-likeness (QED) is 0.682. The van der Waals surface area contributed by atoms with Gasteiger partial charge in [0.15, 0.2) is 10.2 Å². The van der Waals surface area contributed by atoms with Crippen molar-refractivity contribution in [3.63, 3.8) is 0 Å². The largest absolute Gasteiger partial charge is 0.362 e. The predicted octanol–water partition coefficient (Wildman–Crippen LogP) is 4.48. The molecule has 0 saturated heterocycles. The molecule has 0 amide bonds. The van der Waals surface area contributed by atoms with Crippen LogP contribution in [0, 0.1) is 0 Å². The average Bonchev–Trinajstić information content (AvgIpc) is 2.91. The summed E-state index contributed by atoms with van der Waals surface area (Å²) in [5, 5.41) is 8.48. The monoisotopic (exact) mass is 347 g/mol. The molecule has 22 heavy (non-hydrogen) atoms. The lowest BCUT2D eigenvalue weighted by Gasteiger charge is -2.08. The number of rotatable bonds is 4. The Morgan fingerprint density at radius 3 is 2.68 bits per heavy atom. The molecule has 112 valence electrons. The van der Waals surface area contributed by atoms with Crippen LogP contribution in [0.5, 0.6) is 0 Å². The van der Waals surface area contributed by atoms with E-state index in [1.165, 1.54) is 5.56 Å². The average molecular weight is 348 g/mol. The zero-order valence-corrected chi connectivity index (χ0v) is 14.1. The lowest BCUT2D eigenvalue weighted by atomic mass is 10.1. The van der Waals surface area contributed by atoms with E-state index >= 15 is 0 Å². The van der Waals surface area contributed by atoms with Crippen LogP contribution >= 0.6 is 35.2 Å². The Labute approximate surface area is 143 Å². The molecule has 1 heterocycles. The van der Waals surface area contributed by atoms with Gasteiger partial charge >= 0.3 is 0 Å². The van der Waals surface area contributed by atoms with Gasteiger partial charge in [-0.15, -0.1) is 0 Å². The Kier molecular flexibility index (Phi) is 4.87. The molecule has 0 spiro atoms. The number of thiocarbonyl (C=S) groups is 1. The molecule has 3 rings (SSSR count). The molecule has 6 heteroatoms. The van der Waals surface area contributed by atoms with Crippen LogP contribution in [-0.2, 0) is 6.42 Å². The maximum absolute atomic E-state index is 5.87. The summed E-state index contributed by atoms with van der Waals surface area (Å²) in [5.74, 6) is 0. The number of para-hydroxylation sites is 1. The number of halogens is 1. The zero-order valence-electron chi connectivity index (χ0n) is 11.7. The van der Waals surface area contributed by atoms with Crippen molar-refractivity contribution in [2.45, 2.75) is 6.42 Å². The summed E-state index contributed by atoms with van der Waals surface area (Å²) >= 11 is 12.8. The minimum Gasteiger partial charge on any atom is -0.362 e. The van der Waals surface area contributed by atoms with Crippen molar-refractivity contribution in [3.05, 3.63) is 59.1 Å². The number of aromatic nitrogens is 1. The number of anilines is 1. The van der Waals surface area contributed by atoms with Gasteiger partial charge in [0.1, 0.15) is 0 Å². The van der Waals surface area contributed by atoms with Crippen LogP contribution in [0.4, 0.5) is 5.13 Å². The minimum atomic E-state index is 0.591. The molecular weight excluding hydrogens is 334 g/mol. The van der Waals surface area contributed by atoms with Crippen molar-refractivity contribution >= 4 is 55.6 Å². The molecule has 3 nitrogen and oxygen atoms in total. The molecule has 1 aromatic heterocycles. The van der Waals surface area contributed by atoms with Crippen LogP contribution in [0.2, 0.25) is 5.02 Å².